The molecule has 2 amide bonds. The summed E-state index contributed by atoms with van der Waals surface area (Å²) < 4.78 is 12.8. The van der Waals surface area contributed by atoms with E-state index >= 15 is 0 Å². The normalized spacial score (nSPS) is 17.1. The summed E-state index contributed by atoms with van der Waals surface area (Å²) in [4.78, 5) is 25.6. The smallest absolute Gasteiger partial charge is 0.239 e. The van der Waals surface area contributed by atoms with Gasteiger partial charge >= 0.3 is 0 Å². The molecule has 0 aliphatic carbocycles. The Balaban J connectivity index is 1.77. The second-order valence-corrected chi connectivity index (χ2v) is 5.73. The Kier molecular flexibility index (Phi) is 5.49. The fourth-order valence-electron chi connectivity index (χ4n) is 2.59. The number of halogens is 1. The number of hydrogen-bond acceptors (Lipinski definition) is 3. The van der Waals surface area contributed by atoms with Crippen molar-refractivity contribution in [2.45, 2.75) is 32.4 Å². The molecule has 6 heteroatoms. The Morgan fingerprint density at radius 1 is 1.32 bits per heavy atom. The third-order valence-corrected chi connectivity index (χ3v) is 3.95. The van der Waals surface area contributed by atoms with Crippen LogP contribution in [0.1, 0.15) is 25.3 Å². The Hall–Kier alpha value is -1.95. The molecule has 1 fully saturated rings. The molecule has 5 nitrogen and oxygen atoms in total. The molecule has 0 aromatic heterocycles. The molecule has 1 atom stereocenters. The molecule has 0 radical (unpaired) electrons. The van der Waals surface area contributed by atoms with E-state index < -0.39 is 6.04 Å². The molecule has 1 aliphatic heterocycles. The number of rotatable bonds is 4. The Bertz CT molecular complexity index is 523. The lowest BCUT2D eigenvalue weighted by atomic mass is 9.95. The molecule has 1 aromatic carbocycles. The summed E-state index contributed by atoms with van der Waals surface area (Å²) in [7, 11) is 0. The average Bonchev–Trinajstić information content (AvgIpc) is 2.53. The Labute approximate surface area is 129 Å². The van der Waals surface area contributed by atoms with Gasteiger partial charge in [0, 0.05) is 25.6 Å². The Morgan fingerprint density at radius 3 is 2.45 bits per heavy atom. The number of nitrogens with two attached hydrogens (primary N) is 1. The van der Waals surface area contributed by atoms with E-state index in [-0.39, 0.29) is 23.5 Å². The molecule has 1 heterocycles. The molecule has 1 aliphatic rings. The summed E-state index contributed by atoms with van der Waals surface area (Å²) >= 11 is 0. The topological polar surface area (TPSA) is 75.4 Å². The van der Waals surface area contributed by atoms with Gasteiger partial charge in [0.05, 0.1) is 6.04 Å². The van der Waals surface area contributed by atoms with Crippen molar-refractivity contribution in [2.75, 3.05) is 13.1 Å². The summed E-state index contributed by atoms with van der Waals surface area (Å²) in [5, 5.41) is 2.87. The van der Waals surface area contributed by atoms with Crippen molar-refractivity contribution in [1.29, 1.82) is 0 Å². The van der Waals surface area contributed by atoms with E-state index in [1.165, 1.54) is 12.1 Å². The number of carbonyl (C=O) groups excluding carboxylic acids is 2. The highest BCUT2D eigenvalue weighted by Crippen LogP contribution is 2.18. The first-order valence-corrected chi connectivity index (χ1v) is 7.54. The highest BCUT2D eigenvalue weighted by Gasteiger charge is 2.28. The van der Waals surface area contributed by atoms with E-state index in [0.29, 0.717) is 32.5 Å². The summed E-state index contributed by atoms with van der Waals surface area (Å²) in [6, 6.07) is 5.56. The van der Waals surface area contributed by atoms with Crippen LogP contribution in [-0.4, -0.2) is 35.8 Å². The van der Waals surface area contributed by atoms with Crippen LogP contribution >= 0.6 is 0 Å². The van der Waals surface area contributed by atoms with Crippen LogP contribution in [0.3, 0.4) is 0 Å². The Morgan fingerprint density at radius 2 is 1.91 bits per heavy atom. The van der Waals surface area contributed by atoms with Crippen molar-refractivity contribution in [1.82, 2.24) is 10.2 Å². The van der Waals surface area contributed by atoms with Crippen molar-refractivity contribution >= 4 is 11.8 Å². The van der Waals surface area contributed by atoms with E-state index in [4.69, 9.17) is 5.73 Å². The van der Waals surface area contributed by atoms with Crippen molar-refractivity contribution in [3.63, 3.8) is 0 Å². The quantitative estimate of drug-likeness (QED) is 0.872. The van der Waals surface area contributed by atoms with Crippen LogP contribution in [0.25, 0.3) is 0 Å². The molecule has 0 unspecified atom stereocenters. The average molecular weight is 307 g/mol. The second-order valence-electron chi connectivity index (χ2n) is 5.73. The van der Waals surface area contributed by atoms with Gasteiger partial charge in [0.1, 0.15) is 5.82 Å². The lowest BCUT2D eigenvalue weighted by Crippen LogP contribution is -2.47. The predicted molar refractivity (Wildman–Crippen MR) is 81.2 cm³/mol. The number of piperidine rings is 1. The van der Waals surface area contributed by atoms with Gasteiger partial charge in [0.15, 0.2) is 0 Å². The van der Waals surface area contributed by atoms with Crippen molar-refractivity contribution in [3.8, 4) is 0 Å². The lowest BCUT2D eigenvalue weighted by Gasteiger charge is -2.32. The number of carbonyl (C=O) groups is 2. The van der Waals surface area contributed by atoms with Crippen molar-refractivity contribution in [2.24, 2.45) is 11.7 Å². The highest BCUT2D eigenvalue weighted by molar-refractivity contribution is 5.82. The summed E-state index contributed by atoms with van der Waals surface area (Å²) in [6.07, 6.45) is 1.29. The molecule has 3 N–H and O–H groups in total. The van der Waals surface area contributed by atoms with Gasteiger partial charge in [-0.2, -0.15) is 0 Å². The lowest BCUT2D eigenvalue weighted by molar-refractivity contribution is -0.136. The number of amides is 2. The zero-order chi connectivity index (χ0) is 16.1. The molecule has 0 saturated carbocycles. The summed E-state index contributed by atoms with van der Waals surface area (Å²) in [5.74, 6) is -0.457. The van der Waals surface area contributed by atoms with Gasteiger partial charge in [0.2, 0.25) is 11.8 Å². The number of likely N-dealkylation sites (tertiary alicyclic amines) is 1. The van der Waals surface area contributed by atoms with Gasteiger partial charge in [-0.15, -0.1) is 0 Å². The van der Waals surface area contributed by atoms with Crippen LogP contribution in [0.4, 0.5) is 4.39 Å². The van der Waals surface area contributed by atoms with Gasteiger partial charge in [-0.05, 0) is 37.5 Å². The molecule has 1 saturated heterocycles. The largest absolute Gasteiger partial charge is 0.352 e. The van der Waals surface area contributed by atoms with Crippen LogP contribution in [0.5, 0.6) is 0 Å². The molecule has 1 aromatic rings. The third-order valence-electron chi connectivity index (χ3n) is 3.95. The SMILES string of the molecule is C[C@H](N)C(=O)N1CCC(C(=O)NCc2ccc(F)cc2)CC1. The maximum Gasteiger partial charge on any atom is 0.239 e. The number of nitrogens with one attached hydrogen (secondary N) is 1. The fourth-order valence-corrected chi connectivity index (χ4v) is 2.59. The molecular weight excluding hydrogens is 285 g/mol. The summed E-state index contributed by atoms with van der Waals surface area (Å²) in [5.41, 5.74) is 6.45. The highest BCUT2D eigenvalue weighted by atomic mass is 19.1. The van der Waals surface area contributed by atoms with Crippen molar-refractivity contribution < 1.29 is 14.0 Å². The van der Waals surface area contributed by atoms with E-state index in [0.717, 1.165) is 5.56 Å². The minimum atomic E-state index is -0.496. The zero-order valence-electron chi connectivity index (χ0n) is 12.7. The maximum absolute atomic E-state index is 12.8. The van der Waals surface area contributed by atoms with Crippen LogP contribution in [0, 0.1) is 11.7 Å². The molecular formula is C16H22FN3O2. The van der Waals surface area contributed by atoms with Crippen LogP contribution in [0.15, 0.2) is 24.3 Å². The van der Waals surface area contributed by atoms with Gasteiger partial charge in [0.25, 0.3) is 0 Å². The maximum atomic E-state index is 12.8. The van der Waals surface area contributed by atoms with E-state index in [1.54, 1.807) is 24.0 Å². The minimum absolute atomic E-state index is 0.0165. The van der Waals surface area contributed by atoms with E-state index in [9.17, 15) is 14.0 Å². The number of hydrogen-bond donors (Lipinski definition) is 2. The monoisotopic (exact) mass is 307 g/mol. The minimum Gasteiger partial charge on any atom is -0.352 e. The first-order chi connectivity index (χ1) is 10.5. The summed E-state index contributed by atoms with van der Waals surface area (Å²) in [6.45, 7) is 3.19. The molecule has 0 spiro atoms. The zero-order valence-corrected chi connectivity index (χ0v) is 12.7. The second kappa shape index (κ2) is 7.35. The van der Waals surface area contributed by atoms with Gasteiger partial charge < -0.3 is 16.0 Å². The van der Waals surface area contributed by atoms with E-state index in [2.05, 4.69) is 5.32 Å². The fraction of sp³-hybridized carbons (Fsp3) is 0.500. The van der Waals surface area contributed by atoms with Gasteiger partial charge in [-0.3, -0.25) is 9.59 Å². The van der Waals surface area contributed by atoms with Crippen LogP contribution in [0.2, 0.25) is 0 Å². The first kappa shape index (κ1) is 16.4. The molecule has 22 heavy (non-hydrogen) atoms. The van der Waals surface area contributed by atoms with Gasteiger partial charge in [-0.25, -0.2) is 4.39 Å². The first-order valence-electron chi connectivity index (χ1n) is 7.54. The van der Waals surface area contributed by atoms with Crippen molar-refractivity contribution in [3.05, 3.63) is 35.6 Å². The van der Waals surface area contributed by atoms with E-state index in [1.807, 2.05) is 0 Å². The van der Waals surface area contributed by atoms with Gasteiger partial charge in [-0.1, -0.05) is 12.1 Å². The predicted octanol–water partition coefficient (Wildman–Crippen LogP) is 1.03. The third kappa shape index (κ3) is 4.27. The standard InChI is InChI=1S/C16H22FN3O2/c1-11(18)16(22)20-8-6-13(7-9-20)15(21)19-10-12-2-4-14(17)5-3-12/h2-5,11,13H,6-10,18H2,1H3,(H,19,21)/t11-/m0/s1. The van der Waals surface area contributed by atoms with Crippen LogP contribution in [-0.2, 0) is 16.1 Å². The molecule has 0 bridgehead atoms. The number of nitrogens with zero attached hydrogens (tertiary/aromatic N) is 1. The molecule has 2 rings (SSSR count). The number of benzene rings is 1. The molecule has 120 valence electrons. The van der Waals surface area contributed by atoms with Crippen LogP contribution < -0.4 is 11.1 Å².